The fourth-order valence-corrected chi connectivity index (χ4v) is 2.31. The van der Waals surface area contributed by atoms with Gasteiger partial charge in [-0.1, -0.05) is 28.1 Å². The van der Waals surface area contributed by atoms with E-state index in [9.17, 15) is 0 Å². The van der Waals surface area contributed by atoms with Gasteiger partial charge < -0.3 is 14.8 Å². The quantitative estimate of drug-likeness (QED) is 0.879. The van der Waals surface area contributed by atoms with E-state index < -0.39 is 0 Å². The van der Waals surface area contributed by atoms with Crippen LogP contribution in [0.2, 0.25) is 0 Å². The zero-order valence-corrected chi connectivity index (χ0v) is 13.5. The minimum atomic E-state index is 0.738. The van der Waals surface area contributed by atoms with Gasteiger partial charge >= 0.3 is 0 Å². The summed E-state index contributed by atoms with van der Waals surface area (Å²) in [5.74, 6) is 1.56. The second-order valence-electron chi connectivity index (χ2n) is 4.50. The lowest BCUT2D eigenvalue weighted by Gasteiger charge is -2.13. The summed E-state index contributed by atoms with van der Waals surface area (Å²) < 4.78 is 11.7. The van der Waals surface area contributed by atoms with E-state index in [0.717, 1.165) is 28.2 Å². The van der Waals surface area contributed by atoms with Gasteiger partial charge in [-0.25, -0.2) is 0 Å². The van der Waals surface area contributed by atoms with Crippen molar-refractivity contribution in [2.75, 3.05) is 19.5 Å². The summed E-state index contributed by atoms with van der Waals surface area (Å²) in [6.07, 6.45) is 0. The predicted molar refractivity (Wildman–Crippen MR) is 85.8 cm³/mol. The topological polar surface area (TPSA) is 30.5 Å². The van der Waals surface area contributed by atoms with Gasteiger partial charge in [0.1, 0.15) is 11.5 Å². The van der Waals surface area contributed by atoms with Crippen molar-refractivity contribution in [2.45, 2.75) is 13.5 Å². The molecule has 0 fully saturated rings. The van der Waals surface area contributed by atoms with Gasteiger partial charge in [0, 0.05) is 17.1 Å². The maximum absolute atomic E-state index is 5.37. The molecule has 20 heavy (non-hydrogen) atoms. The molecule has 0 amide bonds. The summed E-state index contributed by atoms with van der Waals surface area (Å²) in [5, 5.41) is 3.38. The van der Waals surface area contributed by atoms with Crippen LogP contribution < -0.4 is 14.8 Å². The Labute approximate surface area is 128 Å². The Balaban J connectivity index is 2.12. The highest BCUT2D eigenvalue weighted by atomic mass is 79.9. The molecule has 4 heteroatoms. The van der Waals surface area contributed by atoms with Crippen molar-refractivity contribution in [3.05, 3.63) is 52.0 Å². The van der Waals surface area contributed by atoms with Gasteiger partial charge in [0.25, 0.3) is 0 Å². The maximum atomic E-state index is 5.37. The smallest absolute Gasteiger partial charge is 0.145 e. The van der Waals surface area contributed by atoms with Crippen LogP contribution in [0.3, 0.4) is 0 Å². The molecule has 0 aliphatic heterocycles. The number of halogens is 1. The molecule has 2 aromatic carbocycles. The van der Waals surface area contributed by atoms with Crippen LogP contribution >= 0.6 is 15.9 Å². The van der Waals surface area contributed by atoms with Gasteiger partial charge in [0.2, 0.25) is 0 Å². The average molecular weight is 336 g/mol. The average Bonchev–Trinajstić information content (AvgIpc) is 2.48. The highest BCUT2D eigenvalue weighted by Crippen LogP contribution is 2.29. The Morgan fingerprint density at radius 3 is 2.50 bits per heavy atom. The molecule has 0 aliphatic carbocycles. The molecule has 0 aromatic heterocycles. The monoisotopic (exact) mass is 335 g/mol. The van der Waals surface area contributed by atoms with Crippen LogP contribution in [0.1, 0.15) is 11.1 Å². The third-order valence-electron chi connectivity index (χ3n) is 3.13. The molecular weight excluding hydrogens is 318 g/mol. The molecule has 3 nitrogen and oxygen atoms in total. The largest absolute Gasteiger partial charge is 0.497 e. The van der Waals surface area contributed by atoms with Crippen molar-refractivity contribution in [2.24, 2.45) is 0 Å². The first-order valence-corrected chi connectivity index (χ1v) is 7.14. The van der Waals surface area contributed by atoms with Crippen molar-refractivity contribution < 1.29 is 9.47 Å². The van der Waals surface area contributed by atoms with E-state index in [0.29, 0.717) is 0 Å². The SMILES string of the molecule is COc1ccc(NCc2ccc(C)c(Br)c2)c(OC)c1. The van der Waals surface area contributed by atoms with Crippen molar-refractivity contribution >= 4 is 21.6 Å². The molecule has 106 valence electrons. The normalized spacial score (nSPS) is 10.2. The van der Waals surface area contributed by atoms with Crippen LogP contribution in [0.15, 0.2) is 40.9 Å². The summed E-state index contributed by atoms with van der Waals surface area (Å²) in [6.45, 7) is 2.81. The van der Waals surface area contributed by atoms with Crippen molar-refractivity contribution in [3.8, 4) is 11.5 Å². The van der Waals surface area contributed by atoms with E-state index in [1.165, 1.54) is 11.1 Å². The predicted octanol–water partition coefficient (Wildman–Crippen LogP) is 4.39. The van der Waals surface area contributed by atoms with Gasteiger partial charge in [-0.15, -0.1) is 0 Å². The second-order valence-corrected chi connectivity index (χ2v) is 5.36. The number of ether oxygens (including phenoxy) is 2. The Morgan fingerprint density at radius 2 is 1.85 bits per heavy atom. The summed E-state index contributed by atoms with van der Waals surface area (Å²) >= 11 is 3.55. The molecule has 0 atom stereocenters. The first-order valence-electron chi connectivity index (χ1n) is 6.35. The van der Waals surface area contributed by atoms with Crippen LogP contribution in [-0.2, 0) is 6.54 Å². The van der Waals surface area contributed by atoms with E-state index in [4.69, 9.17) is 9.47 Å². The minimum absolute atomic E-state index is 0.738. The van der Waals surface area contributed by atoms with Crippen molar-refractivity contribution in [1.82, 2.24) is 0 Å². The maximum Gasteiger partial charge on any atom is 0.145 e. The molecule has 0 bridgehead atoms. The number of nitrogens with one attached hydrogen (secondary N) is 1. The number of anilines is 1. The molecule has 2 rings (SSSR count). The first kappa shape index (κ1) is 14.7. The number of aryl methyl sites for hydroxylation is 1. The van der Waals surface area contributed by atoms with Gasteiger partial charge in [0.15, 0.2) is 0 Å². The third-order valence-corrected chi connectivity index (χ3v) is 3.98. The van der Waals surface area contributed by atoms with Gasteiger partial charge in [-0.05, 0) is 36.2 Å². The lowest BCUT2D eigenvalue weighted by Crippen LogP contribution is -2.02. The molecule has 0 radical (unpaired) electrons. The molecule has 0 heterocycles. The number of hydrogen-bond donors (Lipinski definition) is 1. The lowest BCUT2D eigenvalue weighted by atomic mass is 10.1. The fourth-order valence-electron chi connectivity index (χ4n) is 1.89. The molecule has 0 saturated heterocycles. The summed E-state index contributed by atoms with van der Waals surface area (Å²) in [4.78, 5) is 0. The summed E-state index contributed by atoms with van der Waals surface area (Å²) in [7, 11) is 3.30. The van der Waals surface area contributed by atoms with Crippen LogP contribution in [0.25, 0.3) is 0 Å². The number of benzene rings is 2. The fraction of sp³-hybridized carbons (Fsp3) is 0.250. The van der Waals surface area contributed by atoms with Crippen LogP contribution in [-0.4, -0.2) is 14.2 Å². The summed E-state index contributed by atoms with van der Waals surface area (Å²) in [6, 6.07) is 12.1. The highest BCUT2D eigenvalue weighted by Gasteiger charge is 2.05. The standard InChI is InChI=1S/C16H18BrNO2/c1-11-4-5-12(8-14(11)17)10-18-15-7-6-13(19-2)9-16(15)20-3/h4-9,18H,10H2,1-3H3. The van der Waals surface area contributed by atoms with Gasteiger partial charge in [0.05, 0.1) is 19.9 Å². The Bertz CT molecular complexity index is 599. The molecule has 0 unspecified atom stereocenters. The van der Waals surface area contributed by atoms with E-state index in [2.05, 4.69) is 46.4 Å². The molecule has 0 saturated carbocycles. The molecule has 0 spiro atoms. The van der Waals surface area contributed by atoms with Gasteiger partial charge in [-0.2, -0.15) is 0 Å². The zero-order chi connectivity index (χ0) is 14.5. The number of methoxy groups -OCH3 is 2. The third kappa shape index (κ3) is 3.45. The Morgan fingerprint density at radius 1 is 1.05 bits per heavy atom. The molecule has 0 aliphatic rings. The first-order chi connectivity index (χ1) is 9.63. The molecular formula is C16H18BrNO2. The zero-order valence-electron chi connectivity index (χ0n) is 11.9. The second kappa shape index (κ2) is 6.66. The van der Waals surface area contributed by atoms with Crippen LogP contribution in [0, 0.1) is 6.92 Å². The Kier molecular flexibility index (Phi) is 4.90. The molecule has 1 N–H and O–H groups in total. The highest BCUT2D eigenvalue weighted by molar-refractivity contribution is 9.10. The van der Waals surface area contributed by atoms with Crippen LogP contribution in [0.4, 0.5) is 5.69 Å². The van der Waals surface area contributed by atoms with E-state index in [1.807, 2.05) is 18.2 Å². The minimum Gasteiger partial charge on any atom is -0.497 e. The van der Waals surface area contributed by atoms with E-state index >= 15 is 0 Å². The van der Waals surface area contributed by atoms with E-state index in [1.54, 1.807) is 14.2 Å². The van der Waals surface area contributed by atoms with Gasteiger partial charge in [-0.3, -0.25) is 0 Å². The van der Waals surface area contributed by atoms with E-state index in [-0.39, 0.29) is 0 Å². The molecule has 2 aromatic rings. The lowest BCUT2D eigenvalue weighted by molar-refractivity contribution is 0.395. The van der Waals surface area contributed by atoms with Crippen LogP contribution in [0.5, 0.6) is 11.5 Å². The number of hydrogen-bond acceptors (Lipinski definition) is 3. The van der Waals surface area contributed by atoms with Crippen molar-refractivity contribution in [3.63, 3.8) is 0 Å². The summed E-state index contributed by atoms with van der Waals surface area (Å²) in [5.41, 5.74) is 3.39. The number of rotatable bonds is 5. The van der Waals surface area contributed by atoms with Crippen molar-refractivity contribution in [1.29, 1.82) is 0 Å². The Hall–Kier alpha value is -1.68.